The lowest BCUT2D eigenvalue weighted by atomic mass is 10.2. The molecule has 0 spiro atoms. The highest BCUT2D eigenvalue weighted by molar-refractivity contribution is 7.98. The third-order valence-corrected chi connectivity index (χ3v) is 2.64. The summed E-state index contributed by atoms with van der Waals surface area (Å²) in [6.45, 7) is 1.89. The van der Waals surface area contributed by atoms with Crippen LogP contribution in [0.1, 0.15) is 5.56 Å². The van der Waals surface area contributed by atoms with Crippen molar-refractivity contribution < 1.29 is 4.39 Å². The number of thioether (sulfide) groups is 1. The molecule has 1 aromatic heterocycles. The second-order valence-electron chi connectivity index (χ2n) is 3.01. The van der Waals surface area contributed by atoms with E-state index in [1.54, 1.807) is 6.07 Å². The maximum atomic E-state index is 13.1. The van der Waals surface area contributed by atoms with Gasteiger partial charge in [-0.2, -0.15) is 4.68 Å². The fourth-order valence-electron chi connectivity index (χ4n) is 1.27. The van der Waals surface area contributed by atoms with Gasteiger partial charge in [0.1, 0.15) is 5.82 Å². The standard InChI is InChI=1S/C9H9FN4S/c1-6-3-4-7(10)5-8(6)14-9(15-2)11-12-13-14/h3-5H,1-2H3. The molecular weight excluding hydrogens is 215 g/mol. The quantitative estimate of drug-likeness (QED) is 0.730. The van der Waals surface area contributed by atoms with E-state index in [0.29, 0.717) is 10.8 Å². The molecule has 0 aliphatic rings. The van der Waals surface area contributed by atoms with Crippen molar-refractivity contribution in [3.8, 4) is 5.69 Å². The van der Waals surface area contributed by atoms with Crippen LogP contribution in [-0.4, -0.2) is 26.5 Å². The summed E-state index contributed by atoms with van der Waals surface area (Å²) >= 11 is 1.42. The first-order chi connectivity index (χ1) is 7.22. The van der Waals surface area contributed by atoms with Crippen molar-refractivity contribution in [1.82, 2.24) is 20.2 Å². The molecule has 0 fully saturated rings. The van der Waals surface area contributed by atoms with Crippen molar-refractivity contribution in [1.29, 1.82) is 0 Å². The summed E-state index contributed by atoms with van der Waals surface area (Å²) in [4.78, 5) is 0. The normalized spacial score (nSPS) is 10.6. The van der Waals surface area contributed by atoms with E-state index in [9.17, 15) is 4.39 Å². The van der Waals surface area contributed by atoms with Crippen LogP contribution in [0.25, 0.3) is 5.69 Å². The van der Waals surface area contributed by atoms with E-state index in [1.165, 1.54) is 28.6 Å². The molecule has 2 rings (SSSR count). The first-order valence-corrected chi connectivity index (χ1v) is 5.53. The summed E-state index contributed by atoms with van der Waals surface area (Å²) in [7, 11) is 0. The maximum absolute atomic E-state index is 13.1. The number of aryl methyl sites for hydroxylation is 1. The summed E-state index contributed by atoms with van der Waals surface area (Å²) < 4.78 is 14.6. The van der Waals surface area contributed by atoms with Crippen molar-refractivity contribution in [2.75, 3.05) is 6.26 Å². The van der Waals surface area contributed by atoms with Crippen LogP contribution < -0.4 is 0 Å². The topological polar surface area (TPSA) is 43.6 Å². The van der Waals surface area contributed by atoms with Crippen molar-refractivity contribution in [2.24, 2.45) is 0 Å². The fraction of sp³-hybridized carbons (Fsp3) is 0.222. The molecule has 0 bridgehead atoms. The molecule has 6 heteroatoms. The molecule has 0 unspecified atom stereocenters. The Morgan fingerprint density at radius 3 is 2.93 bits per heavy atom. The summed E-state index contributed by atoms with van der Waals surface area (Å²) in [5.41, 5.74) is 1.60. The van der Waals surface area contributed by atoms with E-state index in [1.807, 2.05) is 13.2 Å². The van der Waals surface area contributed by atoms with Crippen molar-refractivity contribution in [2.45, 2.75) is 12.1 Å². The van der Waals surface area contributed by atoms with Crippen LogP contribution >= 0.6 is 11.8 Å². The zero-order valence-corrected chi connectivity index (χ0v) is 9.12. The summed E-state index contributed by atoms with van der Waals surface area (Å²) in [6, 6.07) is 4.55. The second kappa shape index (κ2) is 3.98. The first kappa shape index (κ1) is 10.1. The van der Waals surface area contributed by atoms with Gasteiger partial charge in [-0.3, -0.25) is 0 Å². The Morgan fingerprint density at radius 1 is 1.40 bits per heavy atom. The molecule has 0 atom stereocenters. The van der Waals surface area contributed by atoms with Gasteiger partial charge in [0, 0.05) is 0 Å². The van der Waals surface area contributed by atoms with Crippen LogP contribution in [0.2, 0.25) is 0 Å². The third-order valence-electron chi connectivity index (χ3n) is 2.02. The molecule has 15 heavy (non-hydrogen) atoms. The van der Waals surface area contributed by atoms with E-state index in [2.05, 4.69) is 15.5 Å². The molecular formula is C9H9FN4S. The molecule has 78 valence electrons. The van der Waals surface area contributed by atoms with Gasteiger partial charge in [-0.05, 0) is 41.3 Å². The average Bonchev–Trinajstić information content (AvgIpc) is 2.69. The zero-order valence-electron chi connectivity index (χ0n) is 8.31. The fourth-order valence-corrected chi connectivity index (χ4v) is 1.69. The number of aromatic nitrogens is 4. The minimum atomic E-state index is -0.293. The molecule has 0 N–H and O–H groups in total. The summed E-state index contributed by atoms with van der Waals surface area (Å²) in [5, 5.41) is 11.9. The first-order valence-electron chi connectivity index (χ1n) is 4.31. The Bertz CT molecular complexity index is 483. The maximum Gasteiger partial charge on any atom is 0.213 e. The largest absolute Gasteiger partial charge is 0.213 e. The van der Waals surface area contributed by atoms with Crippen LogP contribution in [0.4, 0.5) is 4.39 Å². The minimum absolute atomic E-state index is 0.293. The van der Waals surface area contributed by atoms with Crippen LogP contribution in [0.15, 0.2) is 23.4 Å². The number of nitrogens with zero attached hydrogens (tertiary/aromatic N) is 4. The van der Waals surface area contributed by atoms with Gasteiger partial charge in [-0.25, -0.2) is 4.39 Å². The Labute approximate surface area is 90.5 Å². The smallest absolute Gasteiger partial charge is 0.207 e. The Kier molecular flexibility index (Phi) is 2.68. The average molecular weight is 224 g/mol. The Morgan fingerprint density at radius 2 is 2.20 bits per heavy atom. The monoisotopic (exact) mass is 224 g/mol. The van der Waals surface area contributed by atoms with Crippen molar-refractivity contribution in [3.05, 3.63) is 29.6 Å². The predicted molar refractivity (Wildman–Crippen MR) is 55.6 cm³/mol. The van der Waals surface area contributed by atoms with E-state index in [4.69, 9.17) is 0 Å². The van der Waals surface area contributed by atoms with Crippen LogP contribution in [0.5, 0.6) is 0 Å². The molecule has 0 amide bonds. The van der Waals surface area contributed by atoms with Gasteiger partial charge < -0.3 is 0 Å². The number of rotatable bonds is 2. The van der Waals surface area contributed by atoms with Gasteiger partial charge in [0.15, 0.2) is 0 Å². The van der Waals surface area contributed by atoms with Crippen molar-refractivity contribution in [3.63, 3.8) is 0 Å². The summed E-state index contributed by atoms with van der Waals surface area (Å²) in [6.07, 6.45) is 1.87. The molecule has 1 heterocycles. The Hall–Kier alpha value is -1.43. The lowest BCUT2D eigenvalue weighted by Gasteiger charge is -2.05. The highest BCUT2D eigenvalue weighted by atomic mass is 32.2. The second-order valence-corrected chi connectivity index (χ2v) is 3.78. The minimum Gasteiger partial charge on any atom is -0.207 e. The van der Waals surface area contributed by atoms with Gasteiger partial charge in [0.05, 0.1) is 5.69 Å². The Balaban J connectivity index is 2.58. The number of hydrogen-bond acceptors (Lipinski definition) is 4. The molecule has 0 aliphatic heterocycles. The highest BCUT2D eigenvalue weighted by Crippen LogP contribution is 2.19. The number of halogens is 1. The molecule has 4 nitrogen and oxygen atoms in total. The van der Waals surface area contributed by atoms with Crippen LogP contribution in [0.3, 0.4) is 0 Å². The molecule has 0 radical (unpaired) electrons. The van der Waals surface area contributed by atoms with E-state index in [0.717, 1.165) is 5.56 Å². The van der Waals surface area contributed by atoms with E-state index in [-0.39, 0.29) is 5.82 Å². The number of benzene rings is 1. The number of hydrogen-bond donors (Lipinski definition) is 0. The van der Waals surface area contributed by atoms with Gasteiger partial charge >= 0.3 is 0 Å². The van der Waals surface area contributed by atoms with Gasteiger partial charge in [-0.1, -0.05) is 17.8 Å². The lowest BCUT2D eigenvalue weighted by Crippen LogP contribution is -2.01. The van der Waals surface area contributed by atoms with E-state index < -0.39 is 0 Å². The SMILES string of the molecule is CSc1nnnn1-c1cc(F)ccc1C. The van der Waals surface area contributed by atoms with Gasteiger partial charge in [0.25, 0.3) is 0 Å². The van der Waals surface area contributed by atoms with Crippen LogP contribution in [0, 0.1) is 12.7 Å². The van der Waals surface area contributed by atoms with Crippen LogP contribution in [-0.2, 0) is 0 Å². The molecule has 0 saturated carbocycles. The molecule has 0 aliphatic carbocycles. The number of tetrazole rings is 1. The lowest BCUT2D eigenvalue weighted by molar-refractivity contribution is 0.622. The molecule has 2 aromatic rings. The molecule has 1 aromatic carbocycles. The zero-order chi connectivity index (χ0) is 10.8. The summed E-state index contributed by atoms with van der Waals surface area (Å²) in [5.74, 6) is -0.293. The van der Waals surface area contributed by atoms with Gasteiger partial charge in [-0.15, -0.1) is 5.10 Å². The highest BCUT2D eigenvalue weighted by Gasteiger charge is 2.09. The van der Waals surface area contributed by atoms with Gasteiger partial charge in [0.2, 0.25) is 5.16 Å². The van der Waals surface area contributed by atoms with E-state index >= 15 is 0 Å². The van der Waals surface area contributed by atoms with Crippen molar-refractivity contribution >= 4 is 11.8 Å². The third kappa shape index (κ3) is 1.85. The molecule has 0 saturated heterocycles. The predicted octanol–water partition coefficient (Wildman–Crippen LogP) is 1.83.